The molecule has 0 unspecified atom stereocenters. The van der Waals surface area contributed by atoms with E-state index in [2.05, 4.69) is 0 Å². The third-order valence-electron chi connectivity index (χ3n) is 0.855. The minimum atomic E-state index is -3.88. The summed E-state index contributed by atoms with van der Waals surface area (Å²) in [5, 5.41) is 8.36. The normalized spacial score (nSPS) is 13.8. The predicted octanol–water partition coefficient (Wildman–Crippen LogP) is -1.84. The summed E-state index contributed by atoms with van der Waals surface area (Å²) < 4.78 is 42.4. The lowest BCUT2D eigenvalue weighted by Crippen LogP contribution is -2.35. The smallest absolute Gasteiger partial charge is 0.226 e. The first-order chi connectivity index (χ1) is 4.69. The van der Waals surface area contributed by atoms with E-state index in [0.29, 0.717) is 12.5 Å². The molecule has 8 heteroatoms. The van der Waals surface area contributed by atoms with Crippen molar-refractivity contribution in [1.82, 2.24) is 3.71 Å². The Kier molecular flexibility index (Phi) is 3.00. The zero-order valence-electron chi connectivity index (χ0n) is 6.05. The topological polar surface area (TPSA) is 91.8 Å². The Morgan fingerprint density at radius 2 is 1.36 bits per heavy atom. The average Bonchev–Trinajstić information content (AvgIpc) is 1.56. The van der Waals surface area contributed by atoms with Crippen LogP contribution >= 0.6 is 0 Å². The van der Waals surface area contributed by atoms with Gasteiger partial charge in [0, 0.05) is 0 Å². The van der Waals surface area contributed by atoms with E-state index in [9.17, 15) is 16.8 Å². The predicted molar refractivity (Wildman–Crippen MR) is 38.6 cm³/mol. The van der Waals surface area contributed by atoms with Gasteiger partial charge in [0.2, 0.25) is 20.0 Å². The summed E-state index contributed by atoms with van der Waals surface area (Å²) >= 11 is 0. The van der Waals surface area contributed by atoms with Crippen molar-refractivity contribution in [1.29, 1.82) is 0 Å². The minimum Gasteiger partial charge on any atom is -0.379 e. The van der Waals surface area contributed by atoms with Crippen LogP contribution in [0, 0.1) is 0 Å². The van der Waals surface area contributed by atoms with Crippen molar-refractivity contribution in [3.63, 3.8) is 0 Å². The summed E-state index contributed by atoms with van der Waals surface area (Å²) in [6, 6.07) is 0. The number of aliphatic hydroxyl groups excluding tert-OH is 1. The van der Waals surface area contributed by atoms with Crippen molar-refractivity contribution in [3.05, 3.63) is 0 Å². The molecule has 0 saturated heterocycles. The highest BCUT2D eigenvalue weighted by Crippen LogP contribution is 2.01. The molecule has 0 atom stereocenters. The number of rotatable bonds is 3. The van der Waals surface area contributed by atoms with Crippen LogP contribution in [0.5, 0.6) is 0 Å². The van der Waals surface area contributed by atoms with E-state index in [-0.39, 0.29) is 3.71 Å². The second-order valence-corrected chi connectivity index (χ2v) is 5.98. The molecule has 0 fully saturated rings. The molecule has 0 aliphatic rings. The summed E-state index contributed by atoms with van der Waals surface area (Å²) in [7, 11) is -7.75. The molecule has 68 valence electrons. The second-order valence-electron chi connectivity index (χ2n) is 1.94. The highest BCUT2D eigenvalue weighted by atomic mass is 32.3. The van der Waals surface area contributed by atoms with Crippen molar-refractivity contribution in [3.8, 4) is 0 Å². The van der Waals surface area contributed by atoms with Crippen molar-refractivity contribution in [2.75, 3.05) is 19.2 Å². The molecule has 0 aromatic carbocycles. The lowest BCUT2D eigenvalue weighted by Gasteiger charge is -2.12. The zero-order chi connectivity index (χ0) is 9.28. The van der Waals surface area contributed by atoms with E-state index in [1.807, 2.05) is 0 Å². The minimum absolute atomic E-state index is 0. The highest BCUT2D eigenvalue weighted by Gasteiger charge is 2.25. The molecule has 0 aromatic heterocycles. The molecule has 0 rings (SSSR count). The first-order valence-electron chi connectivity index (χ1n) is 2.48. The molecule has 0 saturated carbocycles. The Balaban J connectivity index is 5.05. The molecule has 0 heterocycles. The van der Waals surface area contributed by atoms with Crippen LogP contribution in [0.4, 0.5) is 0 Å². The fourth-order valence-electron chi connectivity index (χ4n) is 0.456. The first kappa shape index (κ1) is 10.8. The summed E-state index contributed by atoms with van der Waals surface area (Å²) in [5.74, 6) is 0. The molecule has 0 bridgehead atoms. The van der Waals surface area contributed by atoms with Gasteiger partial charge in [-0.3, -0.25) is 0 Å². The van der Waals surface area contributed by atoms with Gasteiger partial charge in [-0.15, -0.1) is 0 Å². The van der Waals surface area contributed by atoms with Gasteiger partial charge in [0.15, 0.2) is 0 Å². The van der Waals surface area contributed by atoms with Crippen molar-refractivity contribution >= 4 is 20.0 Å². The van der Waals surface area contributed by atoms with Crippen molar-refractivity contribution in [2.45, 2.75) is 0 Å². The Labute approximate surface area is 65.5 Å². The number of nitrogens with zero attached hydrogens (tertiary/aromatic N) is 1. The van der Waals surface area contributed by atoms with Crippen LogP contribution in [-0.2, 0) is 20.0 Å². The molecular formula is C3H9NO5S2. The van der Waals surface area contributed by atoms with Crippen molar-refractivity contribution in [2.24, 2.45) is 0 Å². The molecule has 0 radical (unpaired) electrons. The molecule has 0 aliphatic carbocycles. The van der Waals surface area contributed by atoms with Gasteiger partial charge in [-0.1, -0.05) is 3.71 Å². The molecule has 11 heavy (non-hydrogen) atoms. The molecule has 0 aromatic rings. The van der Waals surface area contributed by atoms with E-state index in [0.717, 1.165) is 0 Å². The molecule has 0 amide bonds. The van der Waals surface area contributed by atoms with Crippen LogP contribution in [0.1, 0.15) is 0 Å². The second kappa shape index (κ2) is 3.05. The Morgan fingerprint density at radius 3 is 1.36 bits per heavy atom. The van der Waals surface area contributed by atoms with Gasteiger partial charge in [-0.05, 0) is 0 Å². The Morgan fingerprint density at radius 1 is 1.09 bits per heavy atom. The maximum Gasteiger partial charge on any atom is 0.226 e. The van der Waals surface area contributed by atoms with Crippen LogP contribution in [-0.4, -0.2) is 44.9 Å². The van der Waals surface area contributed by atoms with Gasteiger partial charge < -0.3 is 5.11 Å². The maximum atomic E-state index is 10.6. The maximum absolute atomic E-state index is 10.6. The van der Waals surface area contributed by atoms with E-state index in [1.54, 1.807) is 0 Å². The lowest BCUT2D eigenvalue weighted by molar-refractivity contribution is 0.233. The molecule has 6 nitrogen and oxygen atoms in total. The SMILES string of the molecule is CS(=O)(=O)N(CO)S(C)(=O)=O. The highest BCUT2D eigenvalue weighted by molar-refractivity contribution is 8.03. The van der Waals surface area contributed by atoms with Crippen LogP contribution in [0.15, 0.2) is 0 Å². The van der Waals surface area contributed by atoms with Crippen LogP contribution in [0.25, 0.3) is 0 Å². The van der Waals surface area contributed by atoms with E-state index in [1.165, 1.54) is 0 Å². The molecular weight excluding hydrogens is 194 g/mol. The van der Waals surface area contributed by atoms with Gasteiger partial charge in [0.25, 0.3) is 0 Å². The molecule has 0 aliphatic heterocycles. The zero-order valence-corrected chi connectivity index (χ0v) is 7.68. The number of hydrogen-bond donors (Lipinski definition) is 1. The number of sulfonamides is 2. The lowest BCUT2D eigenvalue weighted by atomic mass is 11.4. The van der Waals surface area contributed by atoms with Gasteiger partial charge in [0.1, 0.15) is 6.73 Å². The van der Waals surface area contributed by atoms with Gasteiger partial charge in [0.05, 0.1) is 12.5 Å². The number of aliphatic hydroxyl groups is 1. The quantitative estimate of drug-likeness (QED) is 0.544. The molecule has 1 N–H and O–H groups in total. The van der Waals surface area contributed by atoms with E-state index >= 15 is 0 Å². The Hall–Kier alpha value is -0.180. The fraction of sp³-hybridized carbons (Fsp3) is 1.00. The number of hydrogen-bond acceptors (Lipinski definition) is 5. The first-order valence-corrected chi connectivity index (χ1v) is 6.18. The summed E-state index contributed by atoms with van der Waals surface area (Å²) in [6.45, 7) is -1.06. The average molecular weight is 203 g/mol. The summed E-state index contributed by atoms with van der Waals surface area (Å²) in [4.78, 5) is 0. The van der Waals surface area contributed by atoms with Crippen LogP contribution in [0.2, 0.25) is 0 Å². The van der Waals surface area contributed by atoms with E-state index in [4.69, 9.17) is 5.11 Å². The summed E-state index contributed by atoms with van der Waals surface area (Å²) in [5.41, 5.74) is 0. The van der Waals surface area contributed by atoms with Crippen molar-refractivity contribution < 1.29 is 21.9 Å². The van der Waals surface area contributed by atoms with Crippen LogP contribution in [0.3, 0.4) is 0 Å². The van der Waals surface area contributed by atoms with Gasteiger partial charge >= 0.3 is 0 Å². The third-order valence-corrected chi connectivity index (χ3v) is 4.19. The largest absolute Gasteiger partial charge is 0.379 e. The van der Waals surface area contributed by atoms with Crippen LogP contribution < -0.4 is 0 Å². The van der Waals surface area contributed by atoms with Gasteiger partial charge in [-0.25, -0.2) is 16.8 Å². The molecule has 0 spiro atoms. The van der Waals surface area contributed by atoms with E-state index < -0.39 is 26.8 Å². The monoisotopic (exact) mass is 203 g/mol. The summed E-state index contributed by atoms with van der Waals surface area (Å²) in [6.07, 6.45) is 1.40. The standard InChI is InChI=1S/C3H9NO5S2/c1-10(6,7)4(3-5)11(2,8)9/h5H,3H2,1-2H3. The fourth-order valence-corrected chi connectivity index (χ4v) is 2.84. The Bertz CT molecular complexity index is 282. The van der Waals surface area contributed by atoms with Gasteiger partial charge in [-0.2, -0.15) is 0 Å². The third kappa shape index (κ3) is 3.14.